The van der Waals surface area contributed by atoms with Crippen LogP contribution in [0.1, 0.15) is 11.1 Å². The summed E-state index contributed by atoms with van der Waals surface area (Å²) in [6, 6.07) is 15.2. The summed E-state index contributed by atoms with van der Waals surface area (Å²) in [5.74, 6) is 0.859. The van der Waals surface area contributed by atoms with E-state index in [4.69, 9.17) is 21.6 Å². The van der Waals surface area contributed by atoms with Crippen molar-refractivity contribution in [2.75, 3.05) is 18.5 Å². The Bertz CT molecular complexity index is 635. The number of hydrogen-bond donors (Lipinski definition) is 1. The minimum atomic E-state index is 0.541. The molecule has 3 nitrogen and oxygen atoms in total. The van der Waals surface area contributed by atoms with E-state index in [0.717, 1.165) is 11.4 Å². The maximum Gasteiger partial charge on any atom is 0.119 e. The molecule has 2 aromatic carbocycles. The first-order valence-electron chi connectivity index (χ1n) is 6.32. The molecule has 0 aromatic heterocycles. The smallest absolute Gasteiger partial charge is 0.119 e. The number of nitrogens with one attached hydrogen (secondary N) is 1. The van der Waals surface area contributed by atoms with Crippen LogP contribution < -0.4 is 10.1 Å². The van der Waals surface area contributed by atoms with Crippen LogP contribution in [0.5, 0.6) is 5.75 Å². The second kappa shape index (κ2) is 6.83. The lowest BCUT2D eigenvalue weighted by Gasteiger charge is -2.10. The standard InChI is InChI=1S/C16H15ClN2O/c1-12-3-2-4-14(9-12)20-8-7-19-16-6-5-13(11-18)10-15(16)17/h2-6,9-10,19H,7-8H2,1H3. The molecule has 4 heteroatoms. The Kier molecular flexibility index (Phi) is 4.86. The van der Waals surface area contributed by atoms with Gasteiger partial charge in [-0.3, -0.25) is 0 Å². The largest absolute Gasteiger partial charge is 0.492 e. The summed E-state index contributed by atoms with van der Waals surface area (Å²) in [4.78, 5) is 0. The molecule has 102 valence electrons. The highest BCUT2D eigenvalue weighted by molar-refractivity contribution is 6.33. The molecule has 0 saturated heterocycles. The molecule has 0 spiro atoms. The van der Waals surface area contributed by atoms with Crippen LogP contribution in [0, 0.1) is 18.3 Å². The minimum Gasteiger partial charge on any atom is -0.492 e. The second-order valence-corrected chi connectivity index (χ2v) is 4.81. The van der Waals surface area contributed by atoms with Gasteiger partial charge >= 0.3 is 0 Å². The van der Waals surface area contributed by atoms with E-state index in [-0.39, 0.29) is 0 Å². The maximum absolute atomic E-state index is 8.77. The maximum atomic E-state index is 8.77. The van der Waals surface area contributed by atoms with Crippen LogP contribution in [0.15, 0.2) is 42.5 Å². The lowest BCUT2D eigenvalue weighted by atomic mass is 10.2. The van der Waals surface area contributed by atoms with Gasteiger partial charge in [0.15, 0.2) is 0 Å². The highest BCUT2D eigenvalue weighted by Gasteiger charge is 2.01. The third-order valence-electron chi connectivity index (χ3n) is 2.77. The first-order chi connectivity index (χ1) is 9.69. The van der Waals surface area contributed by atoms with Crippen LogP contribution in [0.25, 0.3) is 0 Å². The van der Waals surface area contributed by atoms with Crippen molar-refractivity contribution in [3.8, 4) is 11.8 Å². The minimum absolute atomic E-state index is 0.541. The molecular formula is C16H15ClN2O. The first-order valence-corrected chi connectivity index (χ1v) is 6.70. The van der Waals surface area contributed by atoms with E-state index < -0.39 is 0 Å². The van der Waals surface area contributed by atoms with Crippen LogP contribution in [0.4, 0.5) is 5.69 Å². The zero-order valence-corrected chi connectivity index (χ0v) is 11.9. The summed E-state index contributed by atoms with van der Waals surface area (Å²) in [6.07, 6.45) is 0. The molecule has 0 amide bonds. The fourth-order valence-electron chi connectivity index (χ4n) is 1.79. The lowest BCUT2D eigenvalue weighted by Crippen LogP contribution is -2.11. The van der Waals surface area contributed by atoms with Gasteiger partial charge in [0, 0.05) is 6.54 Å². The number of halogens is 1. The molecule has 2 aromatic rings. The van der Waals surface area contributed by atoms with Gasteiger partial charge in [-0.25, -0.2) is 0 Å². The van der Waals surface area contributed by atoms with Gasteiger partial charge in [0.2, 0.25) is 0 Å². The van der Waals surface area contributed by atoms with E-state index in [1.54, 1.807) is 18.2 Å². The van der Waals surface area contributed by atoms with E-state index in [9.17, 15) is 0 Å². The van der Waals surface area contributed by atoms with Gasteiger partial charge < -0.3 is 10.1 Å². The zero-order valence-electron chi connectivity index (χ0n) is 11.2. The van der Waals surface area contributed by atoms with Crippen molar-refractivity contribution in [3.05, 3.63) is 58.6 Å². The highest BCUT2D eigenvalue weighted by Crippen LogP contribution is 2.22. The molecule has 0 heterocycles. The second-order valence-electron chi connectivity index (χ2n) is 4.40. The molecule has 0 bridgehead atoms. The van der Waals surface area contributed by atoms with Gasteiger partial charge in [-0.05, 0) is 42.8 Å². The Labute approximate surface area is 123 Å². The number of nitrogens with zero attached hydrogens (tertiary/aromatic N) is 1. The fourth-order valence-corrected chi connectivity index (χ4v) is 2.04. The first kappa shape index (κ1) is 14.2. The highest BCUT2D eigenvalue weighted by atomic mass is 35.5. The summed E-state index contributed by atoms with van der Waals surface area (Å²) < 4.78 is 5.64. The molecule has 0 aliphatic carbocycles. The SMILES string of the molecule is Cc1cccc(OCCNc2ccc(C#N)cc2Cl)c1. The quantitative estimate of drug-likeness (QED) is 0.845. The summed E-state index contributed by atoms with van der Waals surface area (Å²) in [7, 11) is 0. The van der Waals surface area contributed by atoms with Crippen molar-refractivity contribution < 1.29 is 4.74 Å². The van der Waals surface area contributed by atoms with Gasteiger partial charge in [0.05, 0.1) is 22.3 Å². The Balaban J connectivity index is 1.83. The molecule has 0 saturated carbocycles. The van der Waals surface area contributed by atoms with E-state index in [2.05, 4.69) is 11.4 Å². The summed E-state index contributed by atoms with van der Waals surface area (Å²) >= 11 is 6.07. The zero-order chi connectivity index (χ0) is 14.4. The number of hydrogen-bond acceptors (Lipinski definition) is 3. The van der Waals surface area contributed by atoms with Crippen LogP contribution in [0.3, 0.4) is 0 Å². The molecule has 0 unspecified atom stereocenters. The topological polar surface area (TPSA) is 45.0 Å². The summed E-state index contributed by atoms with van der Waals surface area (Å²) in [5, 5.41) is 12.5. The van der Waals surface area contributed by atoms with Gasteiger partial charge in [-0.15, -0.1) is 0 Å². The third-order valence-corrected chi connectivity index (χ3v) is 3.09. The molecule has 0 fully saturated rings. The number of aryl methyl sites for hydroxylation is 1. The van der Waals surface area contributed by atoms with E-state index in [0.29, 0.717) is 23.7 Å². The van der Waals surface area contributed by atoms with Gasteiger partial charge in [0.25, 0.3) is 0 Å². The predicted octanol–water partition coefficient (Wildman–Crippen LogP) is 4.01. The predicted molar refractivity (Wildman–Crippen MR) is 81.3 cm³/mol. The summed E-state index contributed by atoms with van der Waals surface area (Å²) in [6.45, 7) is 3.21. The van der Waals surface area contributed by atoms with Gasteiger partial charge in [-0.2, -0.15) is 5.26 Å². The van der Waals surface area contributed by atoms with Crippen molar-refractivity contribution in [2.45, 2.75) is 6.92 Å². The summed E-state index contributed by atoms with van der Waals surface area (Å²) in [5.41, 5.74) is 2.53. The van der Waals surface area contributed by atoms with E-state index in [1.165, 1.54) is 5.56 Å². The molecule has 2 rings (SSSR count). The Morgan fingerprint density at radius 1 is 1.25 bits per heavy atom. The molecule has 0 aliphatic heterocycles. The van der Waals surface area contributed by atoms with E-state index >= 15 is 0 Å². The monoisotopic (exact) mass is 286 g/mol. The Hall–Kier alpha value is -2.18. The lowest BCUT2D eigenvalue weighted by molar-refractivity contribution is 0.332. The fraction of sp³-hybridized carbons (Fsp3) is 0.188. The van der Waals surface area contributed by atoms with Crippen molar-refractivity contribution in [1.82, 2.24) is 0 Å². The molecule has 0 radical (unpaired) electrons. The molecule has 0 atom stereocenters. The third kappa shape index (κ3) is 3.91. The molecular weight excluding hydrogens is 272 g/mol. The van der Waals surface area contributed by atoms with Crippen molar-refractivity contribution >= 4 is 17.3 Å². The normalized spacial score (nSPS) is 9.85. The van der Waals surface area contributed by atoms with Crippen LogP contribution in [-0.4, -0.2) is 13.2 Å². The number of anilines is 1. The number of benzene rings is 2. The average molecular weight is 287 g/mol. The number of rotatable bonds is 5. The van der Waals surface area contributed by atoms with Crippen LogP contribution >= 0.6 is 11.6 Å². The average Bonchev–Trinajstić information content (AvgIpc) is 2.45. The van der Waals surface area contributed by atoms with Crippen molar-refractivity contribution in [1.29, 1.82) is 5.26 Å². The van der Waals surface area contributed by atoms with Crippen LogP contribution in [0.2, 0.25) is 5.02 Å². The van der Waals surface area contributed by atoms with Gasteiger partial charge in [-0.1, -0.05) is 23.7 Å². The van der Waals surface area contributed by atoms with Gasteiger partial charge in [0.1, 0.15) is 12.4 Å². The van der Waals surface area contributed by atoms with E-state index in [1.807, 2.05) is 31.2 Å². The van der Waals surface area contributed by atoms with Crippen molar-refractivity contribution in [2.24, 2.45) is 0 Å². The number of nitriles is 1. The molecule has 20 heavy (non-hydrogen) atoms. The Morgan fingerprint density at radius 3 is 2.80 bits per heavy atom. The van der Waals surface area contributed by atoms with Crippen molar-refractivity contribution in [3.63, 3.8) is 0 Å². The Morgan fingerprint density at radius 2 is 2.10 bits per heavy atom. The molecule has 1 N–H and O–H groups in total. The van der Waals surface area contributed by atoms with Crippen LogP contribution in [-0.2, 0) is 0 Å². The molecule has 0 aliphatic rings. The number of ether oxygens (including phenoxy) is 1.